The molecule has 0 bridgehead atoms. The van der Waals surface area contributed by atoms with E-state index in [9.17, 15) is 14.3 Å². The van der Waals surface area contributed by atoms with E-state index in [1.165, 1.54) is 12.1 Å². The first-order chi connectivity index (χ1) is 11.0. The lowest BCUT2D eigenvalue weighted by Crippen LogP contribution is -2.49. The number of halogens is 1. The summed E-state index contributed by atoms with van der Waals surface area (Å²) in [7, 11) is 0. The largest absolute Gasteiger partial charge is 0.391 e. The first kappa shape index (κ1) is 15.9. The van der Waals surface area contributed by atoms with E-state index in [4.69, 9.17) is 0 Å². The first-order valence-electron chi connectivity index (χ1n) is 8.03. The minimum atomic E-state index is -0.554. The third-order valence-electron chi connectivity index (χ3n) is 4.57. The number of carbonyl (C=O) groups is 1. The maximum absolute atomic E-state index is 13.3. The van der Waals surface area contributed by atoms with Gasteiger partial charge in [-0.25, -0.2) is 4.39 Å². The topological polar surface area (TPSA) is 53.4 Å². The van der Waals surface area contributed by atoms with Crippen LogP contribution in [0.3, 0.4) is 0 Å². The van der Waals surface area contributed by atoms with E-state index in [0.29, 0.717) is 23.3 Å². The van der Waals surface area contributed by atoms with E-state index in [1.807, 2.05) is 0 Å². The van der Waals surface area contributed by atoms with Gasteiger partial charge in [-0.3, -0.25) is 9.78 Å². The van der Waals surface area contributed by atoms with Crippen molar-refractivity contribution in [2.45, 2.75) is 45.3 Å². The molecule has 2 atom stereocenters. The third-order valence-corrected chi connectivity index (χ3v) is 4.57. The van der Waals surface area contributed by atoms with Crippen molar-refractivity contribution in [3.63, 3.8) is 0 Å². The Labute approximate surface area is 134 Å². The zero-order valence-electron chi connectivity index (χ0n) is 13.4. The number of amides is 1. The van der Waals surface area contributed by atoms with Gasteiger partial charge >= 0.3 is 0 Å². The molecule has 3 rings (SSSR count). The Balaban J connectivity index is 1.99. The number of aliphatic hydroxyl groups is 1. The number of pyridine rings is 1. The molecule has 2 aromatic rings. The Morgan fingerprint density at radius 3 is 2.91 bits per heavy atom. The average molecular weight is 316 g/mol. The van der Waals surface area contributed by atoms with Crippen LogP contribution >= 0.6 is 0 Å². The first-order valence-corrected chi connectivity index (χ1v) is 8.03. The van der Waals surface area contributed by atoms with Gasteiger partial charge in [0.05, 0.1) is 28.9 Å². The number of hydrogen-bond acceptors (Lipinski definition) is 3. The van der Waals surface area contributed by atoms with E-state index in [-0.39, 0.29) is 17.8 Å². The summed E-state index contributed by atoms with van der Waals surface area (Å²) in [6.07, 6.45) is 2.23. The molecule has 0 radical (unpaired) electrons. The second-order valence-corrected chi connectivity index (χ2v) is 6.26. The highest BCUT2D eigenvalue weighted by molar-refractivity contribution is 5.98. The lowest BCUT2D eigenvalue weighted by Gasteiger charge is -2.37. The summed E-state index contributed by atoms with van der Waals surface area (Å²) in [4.78, 5) is 19.1. The smallest absolute Gasteiger partial charge is 0.256 e. The molecule has 0 spiro atoms. The van der Waals surface area contributed by atoms with E-state index in [1.54, 1.807) is 30.9 Å². The number of benzene rings is 1. The summed E-state index contributed by atoms with van der Waals surface area (Å²) in [5.41, 5.74) is 1.66. The number of aromatic nitrogens is 1. The summed E-state index contributed by atoms with van der Waals surface area (Å²) in [5.74, 6) is -0.444. The van der Waals surface area contributed by atoms with Crippen molar-refractivity contribution >= 4 is 16.8 Å². The third kappa shape index (κ3) is 3.06. The molecule has 4 nitrogen and oxygen atoms in total. The van der Waals surface area contributed by atoms with Crippen LogP contribution in [0.25, 0.3) is 10.9 Å². The van der Waals surface area contributed by atoms with Gasteiger partial charge in [-0.05, 0) is 51.3 Å². The molecule has 1 saturated heterocycles. The van der Waals surface area contributed by atoms with Crippen molar-refractivity contribution in [1.29, 1.82) is 0 Å². The summed E-state index contributed by atoms with van der Waals surface area (Å²) in [6.45, 7) is 4.14. The predicted molar refractivity (Wildman–Crippen MR) is 86.8 cm³/mol. The molecular formula is C18H21FN2O2. The fourth-order valence-electron chi connectivity index (χ4n) is 3.32. The molecule has 1 fully saturated rings. The number of hydrogen-bond donors (Lipinski definition) is 1. The molecule has 2 heterocycles. The Kier molecular flexibility index (Phi) is 4.31. The van der Waals surface area contributed by atoms with Gasteiger partial charge in [0.1, 0.15) is 5.82 Å². The van der Waals surface area contributed by atoms with E-state index in [2.05, 4.69) is 4.98 Å². The normalized spacial score (nSPS) is 19.8. The highest BCUT2D eigenvalue weighted by Crippen LogP contribution is 2.25. The van der Waals surface area contributed by atoms with Gasteiger partial charge in [-0.2, -0.15) is 0 Å². The maximum atomic E-state index is 13.3. The number of aryl methyl sites for hydroxylation is 1. The molecule has 1 N–H and O–H groups in total. The van der Waals surface area contributed by atoms with Crippen molar-refractivity contribution in [1.82, 2.24) is 9.88 Å². The lowest BCUT2D eigenvalue weighted by atomic mass is 9.96. The van der Waals surface area contributed by atoms with Crippen molar-refractivity contribution in [2.24, 2.45) is 0 Å². The van der Waals surface area contributed by atoms with Crippen LogP contribution in [0.15, 0.2) is 24.3 Å². The van der Waals surface area contributed by atoms with E-state index in [0.717, 1.165) is 24.6 Å². The van der Waals surface area contributed by atoms with Crippen molar-refractivity contribution < 1.29 is 14.3 Å². The van der Waals surface area contributed by atoms with Gasteiger partial charge in [0, 0.05) is 18.0 Å². The quantitative estimate of drug-likeness (QED) is 0.926. The van der Waals surface area contributed by atoms with Gasteiger partial charge < -0.3 is 10.0 Å². The highest BCUT2D eigenvalue weighted by Gasteiger charge is 2.31. The minimum absolute atomic E-state index is 0.105. The van der Waals surface area contributed by atoms with Crippen LogP contribution < -0.4 is 0 Å². The molecule has 2 unspecified atom stereocenters. The predicted octanol–water partition coefficient (Wildman–Crippen LogP) is 3.06. The number of rotatable bonds is 2. The fourth-order valence-corrected chi connectivity index (χ4v) is 3.32. The van der Waals surface area contributed by atoms with Crippen molar-refractivity contribution in [3.05, 3.63) is 41.3 Å². The summed E-state index contributed by atoms with van der Waals surface area (Å²) in [6, 6.07) is 5.99. The zero-order chi connectivity index (χ0) is 16.6. The average Bonchev–Trinajstić information content (AvgIpc) is 2.53. The Morgan fingerprint density at radius 2 is 2.17 bits per heavy atom. The molecular weight excluding hydrogens is 295 g/mol. The molecule has 0 aliphatic carbocycles. The SMILES string of the molecule is Cc1nc2cc(F)ccc2cc1C(=O)N1CCCCC1C(C)O. The van der Waals surface area contributed by atoms with Gasteiger partial charge in [0.2, 0.25) is 0 Å². The molecule has 1 amide bonds. The van der Waals surface area contributed by atoms with Crippen molar-refractivity contribution in [2.75, 3.05) is 6.54 Å². The molecule has 122 valence electrons. The summed E-state index contributed by atoms with van der Waals surface area (Å²) in [5, 5.41) is 10.7. The molecule has 1 aromatic carbocycles. The van der Waals surface area contributed by atoms with E-state index >= 15 is 0 Å². The zero-order valence-corrected chi connectivity index (χ0v) is 13.4. The summed E-state index contributed by atoms with van der Waals surface area (Å²) >= 11 is 0. The van der Waals surface area contributed by atoms with Crippen LogP contribution in [-0.2, 0) is 0 Å². The maximum Gasteiger partial charge on any atom is 0.256 e. The number of piperidine rings is 1. The second-order valence-electron chi connectivity index (χ2n) is 6.26. The molecule has 0 saturated carbocycles. The Hall–Kier alpha value is -2.01. The molecule has 23 heavy (non-hydrogen) atoms. The lowest BCUT2D eigenvalue weighted by molar-refractivity contribution is 0.0280. The van der Waals surface area contributed by atoms with Gasteiger partial charge in [0.15, 0.2) is 0 Å². The van der Waals surface area contributed by atoms with Gasteiger partial charge in [0.25, 0.3) is 5.91 Å². The number of fused-ring (bicyclic) bond motifs is 1. The molecule has 1 aliphatic heterocycles. The van der Waals surface area contributed by atoms with Crippen LogP contribution in [0.5, 0.6) is 0 Å². The van der Waals surface area contributed by atoms with Crippen LogP contribution in [0.2, 0.25) is 0 Å². The van der Waals surface area contributed by atoms with E-state index < -0.39 is 6.10 Å². The van der Waals surface area contributed by atoms with Crippen molar-refractivity contribution in [3.8, 4) is 0 Å². The molecule has 5 heteroatoms. The monoisotopic (exact) mass is 316 g/mol. The number of likely N-dealkylation sites (tertiary alicyclic amines) is 1. The number of carbonyl (C=O) groups excluding carboxylic acids is 1. The minimum Gasteiger partial charge on any atom is -0.391 e. The summed E-state index contributed by atoms with van der Waals surface area (Å²) < 4.78 is 13.3. The highest BCUT2D eigenvalue weighted by atomic mass is 19.1. The molecule has 1 aromatic heterocycles. The van der Waals surface area contributed by atoms with Crippen LogP contribution in [-0.4, -0.2) is 39.6 Å². The molecule has 1 aliphatic rings. The second kappa shape index (κ2) is 6.24. The van der Waals surface area contributed by atoms with Crippen LogP contribution in [0.4, 0.5) is 4.39 Å². The van der Waals surface area contributed by atoms with Gasteiger partial charge in [-0.15, -0.1) is 0 Å². The van der Waals surface area contributed by atoms with Crippen LogP contribution in [0.1, 0.15) is 42.2 Å². The number of nitrogens with zero attached hydrogens (tertiary/aromatic N) is 2. The Morgan fingerprint density at radius 1 is 1.39 bits per heavy atom. The van der Waals surface area contributed by atoms with Crippen LogP contribution in [0, 0.1) is 12.7 Å². The Bertz CT molecular complexity index is 745. The standard InChI is InChI=1S/C18H21FN2O2/c1-11-15(9-13-6-7-14(19)10-16(13)20-11)18(23)21-8-4-3-5-17(21)12(2)22/h6-7,9-10,12,17,22H,3-5,8H2,1-2H3. The fraction of sp³-hybridized carbons (Fsp3) is 0.444. The number of aliphatic hydroxyl groups excluding tert-OH is 1. The van der Waals surface area contributed by atoms with Gasteiger partial charge in [-0.1, -0.05) is 0 Å².